The summed E-state index contributed by atoms with van der Waals surface area (Å²) in [6.45, 7) is 6.11. The Morgan fingerprint density at radius 2 is 1.81 bits per heavy atom. The molecular weight excluding hydrogens is 198 g/mol. The lowest BCUT2D eigenvalue weighted by atomic mass is 9.92. The van der Waals surface area contributed by atoms with Gasteiger partial charge in [0.25, 0.3) is 0 Å². The summed E-state index contributed by atoms with van der Waals surface area (Å²) in [6.07, 6.45) is 1.72. The second kappa shape index (κ2) is 4.94. The van der Waals surface area contributed by atoms with E-state index in [2.05, 4.69) is 0 Å². The fourth-order valence-corrected chi connectivity index (χ4v) is 1.15. The molecule has 0 aliphatic carbocycles. The number of allylic oxidation sites excluding steroid dienone is 1. The minimum Gasteiger partial charge on any atom is -0.401 e. The summed E-state index contributed by atoms with van der Waals surface area (Å²) in [4.78, 5) is 0. The van der Waals surface area contributed by atoms with Gasteiger partial charge < -0.3 is 5.73 Å². The van der Waals surface area contributed by atoms with Crippen LogP contribution in [0.3, 0.4) is 0 Å². The minimum atomic E-state index is -0.0865. The highest BCUT2D eigenvalue weighted by atomic mass is 14.9. The molecule has 3 nitrogen and oxygen atoms in total. The molecule has 3 heteroatoms. The van der Waals surface area contributed by atoms with Gasteiger partial charge in [0.1, 0.15) is 5.69 Å². The third-order valence-corrected chi connectivity index (χ3v) is 2.30. The summed E-state index contributed by atoms with van der Waals surface area (Å²) in [5.74, 6) is 0.429. The van der Waals surface area contributed by atoms with Crippen LogP contribution < -0.4 is 11.1 Å². The summed E-state index contributed by atoms with van der Waals surface area (Å²) in [7, 11) is 0. The topological polar surface area (TPSA) is 66.5 Å². The molecule has 0 heterocycles. The predicted molar refractivity (Wildman–Crippen MR) is 67.5 cm³/mol. The van der Waals surface area contributed by atoms with E-state index in [0.717, 1.165) is 11.4 Å². The Labute approximate surface area is 96.9 Å². The lowest BCUT2D eigenvalue weighted by Gasteiger charge is -2.18. The highest BCUT2D eigenvalue weighted by Crippen LogP contribution is 2.19. The molecule has 0 aromatic heterocycles. The van der Waals surface area contributed by atoms with E-state index in [4.69, 9.17) is 11.1 Å². The summed E-state index contributed by atoms with van der Waals surface area (Å²) >= 11 is 0. The first-order valence-corrected chi connectivity index (χ1v) is 5.35. The second-order valence-corrected chi connectivity index (χ2v) is 4.86. The Morgan fingerprint density at radius 1 is 1.25 bits per heavy atom. The normalized spacial score (nSPS) is 12.6. The van der Waals surface area contributed by atoms with Crippen LogP contribution in [0, 0.1) is 10.8 Å². The number of para-hydroxylation sites is 1. The van der Waals surface area contributed by atoms with Gasteiger partial charge in [-0.25, -0.2) is 0 Å². The number of benzene rings is 1. The molecule has 0 bridgehead atoms. The molecule has 0 aliphatic rings. The van der Waals surface area contributed by atoms with Crippen LogP contribution in [-0.2, 0) is 0 Å². The Morgan fingerprint density at radius 3 is 2.31 bits per heavy atom. The maximum Gasteiger partial charge on any atom is 0.223 e. The van der Waals surface area contributed by atoms with Gasteiger partial charge in [0.05, 0.1) is 0 Å². The van der Waals surface area contributed by atoms with Crippen LogP contribution in [-0.4, -0.2) is 5.84 Å². The van der Waals surface area contributed by atoms with Gasteiger partial charge in [0, 0.05) is 17.2 Å². The number of quaternary nitrogens is 1. The molecular formula is C13H20N3+. The number of rotatable bonds is 2. The van der Waals surface area contributed by atoms with Gasteiger partial charge in [-0.15, -0.1) is 0 Å². The van der Waals surface area contributed by atoms with Crippen LogP contribution in [0.25, 0.3) is 0 Å². The predicted octanol–water partition coefficient (Wildman–Crippen LogP) is 1.75. The number of hydrogen-bond acceptors (Lipinski definition) is 2. The first-order valence-electron chi connectivity index (χ1n) is 5.35. The van der Waals surface area contributed by atoms with Crippen LogP contribution in [0.15, 0.2) is 42.1 Å². The van der Waals surface area contributed by atoms with Crippen LogP contribution in [0.5, 0.6) is 0 Å². The smallest absolute Gasteiger partial charge is 0.223 e. The molecule has 0 aliphatic heterocycles. The fraction of sp³-hybridized carbons (Fsp3) is 0.308. The molecule has 0 atom stereocenters. The standard InChI is InChI=1S/C13H19N3/c1-13(2,3)11(14)9-12(15)16-10-7-5-4-6-8-10/h4-9H,14H2,1-3H3,(H2,15,16)/p+1. The van der Waals surface area contributed by atoms with Crippen LogP contribution >= 0.6 is 0 Å². The van der Waals surface area contributed by atoms with Crippen molar-refractivity contribution in [1.82, 2.24) is 0 Å². The Bertz CT molecular complexity index is 385. The Hall–Kier alpha value is -1.61. The Kier molecular flexibility index (Phi) is 3.85. The van der Waals surface area contributed by atoms with Gasteiger partial charge in [-0.1, -0.05) is 39.0 Å². The van der Waals surface area contributed by atoms with Gasteiger partial charge in [0.2, 0.25) is 5.84 Å². The van der Waals surface area contributed by atoms with Crippen molar-refractivity contribution < 1.29 is 5.32 Å². The molecule has 5 N–H and O–H groups in total. The van der Waals surface area contributed by atoms with Crippen LogP contribution in [0.2, 0.25) is 0 Å². The number of hydrogen-bond donors (Lipinski definition) is 3. The summed E-state index contributed by atoms with van der Waals surface area (Å²) in [5, 5.41) is 9.63. The third kappa shape index (κ3) is 3.87. The van der Waals surface area contributed by atoms with Crippen molar-refractivity contribution in [3.05, 3.63) is 42.1 Å². The molecule has 0 fully saturated rings. The minimum absolute atomic E-state index is 0.0865. The average Bonchev–Trinajstić information content (AvgIpc) is 2.17. The van der Waals surface area contributed by atoms with E-state index < -0.39 is 0 Å². The van der Waals surface area contributed by atoms with Crippen LogP contribution in [0.1, 0.15) is 20.8 Å². The maximum absolute atomic E-state index is 7.82. The van der Waals surface area contributed by atoms with Crippen molar-refractivity contribution in [1.29, 1.82) is 5.41 Å². The van der Waals surface area contributed by atoms with E-state index in [-0.39, 0.29) is 5.41 Å². The van der Waals surface area contributed by atoms with E-state index in [1.165, 1.54) is 0 Å². The van der Waals surface area contributed by atoms with Crippen molar-refractivity contribution in [3.8, 4) is 0 Å². The zero-order valence-electron chi connectivity index (χ0n) is 10.1. The van der Waals surface area contributed by atoms with E-state index in [9.17, 15) is 0 Å². The van der Waals surface area contributed by atoms with E-state index in [1.54, 1.807) is 11.4 Å². The lowest BCUT2D eigenvalue weighted by molar-refractivity contribution is -0.443. The molecule has 0 saturated carbocycles. The van der Waals surface area contributed by atoms with Crippen molar-refractivity contribution in [2.24, 2.45) is 11.1 Å². The molecule has 1 rings (SSSR count). The SMILES string of the molecule is CC(C)(C)C(N)=CC(=N)[NH2+]c1ccccc1. The molecule has 1 aromatic carbocycles. The first-order chi connectivity index (χ1) is 7.39. The van der Waals surface area contributed by atoms with E-state index >= 15 is 0 Å². The second-order valence-electron chi connectivity index (χ2n) is 4.86. The largest absolute Gasteiger partial charge is 0.401 e. The van der Waals surface area contributed by atoms with Gasteiger partial charge in [-0.2, -0.15) is 0 Å². The fourth-order valence-electron chi connectivity index (χ4n) is 1.15. The zero-order valence-corrected chi connectivity index (χ0v) is 10.1. The molecule has 0 spiro atoms. The molecule has 0 unspecified atom stereocenters. The summed E-state index contributed by atoms with van der Waals surface area (Å²) in [5.41, 5.74) is 7.56. The molecule has 16 heavy (non-hydrogen) atoms. The van der Waals surface area contributed by atoms with Crippen molar-refractivity contribution in [2.45, 2.75) is 20.8 Å². The van der Waals surface area contributed by atoms with E-state index in [1.807, 2.05) is 51.1 Å². The highest BCUT2D eigenvalue weighted by molar-refractivity contribution is 5.83. The quantitative estimate of drug-likeness (QED) is 0.395. The summed E-state index contributed by atoms with van der Waals surface area (Å²) in [6, 6.07) is 9.80. The van der Waals surface area contributed by atoms with E-state index in [0.29, 0.717) is 5.84 Å². The van der Waals surface area contributed by atoms with Gasteiger partial charge in [-0.3, -0.25) is 10.7 Å². The van der Waals surface area contributed by atoms with Crippen molar-refractivity contribution in [3.63, 3.8) is 0 Å². The molecule has 0 radical (unpaired) electrons. The van der Waals surface area contributed by atoms with Crippen molar-refractivity contribution >= 4 is 11.5 Å². The third-order valence-electron chi connectivity index (χ3n) is 2.30. The van der Waals surface area contributed by atoms with Gasteiger partial charge in [0.15, 0.2) is 0 Å². The van der Waals surface area contributed by atoms with Crippen LogP contribution in [0.4, 0.5) is 5.69 Å². The average molecular weight is 218 g/mol. The molecule has 0 saturated heterocycles. The summed E-state index contributed by atoms with van der Waals surface area (Å²) < 4.78 is 0. The monoisotopic (exact) mass is 218 g/mol. The highest BCUT2D eigenvalue weighted by Gasteiger charge is 2.15. The lowest BCUT2D eigenvalue weighted by Crippen LogP contribution is -2.81. The maximum atomic E-state index is 7.82. The zero-order chi connectivity index (χ0) is 12.2. The van der Waals surface area contributed by atoms with Gasteiger partial charge >= 0.3 is 0 Å². The molecule has 1 aromatic rings. The molecule has 0 amide bonds. The van der Waals surface area contributed by atoms with Crippen molar-refractivity contribution in [2.75, 3.05) is 0 Å². The first kappa shape index (κ1) is 12.5. The number of nitrogens with one attached hydrogen (secondary N) is 1. The Balaban J connectivity index is 2.68. The van der Waals surface area contributed by atoms with Gasteiger partial charge in [-0.05, 0) is 12.1 Å². The number of amidine groups is 1. The molecule has 86 valence electrons. The number of nitrogens with two attached hydrogens (primary N) is 2.